The SMILES string of the molecule is C[C@H]1C[C@@H](c2ccccc2F)N(C(=O)NCCC(=O)N2CCCC2)C1. The zero-order valence-electron chi connectivity index (χ0n) is 14.7. The molecular formula is C19H26FN3O2. The molecule has 0 aromatic heterocycles. The molecule has 2 fully saturated rings. The minimum atomic E-state index is -0.274. The molecule has 1 aromatic carbocycles. The van der Waals surface area contributed by atoms with E-state index < -0.39 is 0 Å². The minimum absolute atomic E-state index is 0.0956. The summed E-state index contributed by atoms with van der Waals surface area (Å²) in [6.45, 7) is 4.64. The molecule has 3 rings (SSSR count). The Hall–Kier alpha value is -2.11. The largest absolute Gasteiger partial charge is 0.343 e. The summed E-state index contributed by atoms with van der Waals surface area (Å²) >= 11 is 0. The molecule has 1 N–H and O–H groups in total. The number of nitrogens with zero attached hydrogens (tertiary/aromatic N) is 2. The molecule has 2 aliphatic rings. The number of urea groups is 1. The smallest absolute Gasteiger partial charge is 0.317 e. The standard InChI is InChI=1S/C19H26FN3O2/c1-14-12-17(15-6-2-3-7-16(15)20)23(13-14)19(25)21-9-8-18(24)22-10-4-5-11-22/h2-3,6-7,14,17H,4-5,8-13H2,1H3,(H,21,25)/t14-,17-/m0/s1. The first-order valence-electron chi connectivity index (χ1n) is 9.13. The molecule has 2 aliphatic heterocycles. The second-order valence-corrected chi connectivity index (χ2v) is 7.10. The van der Waals surface area contributed by atoms with Crippen LogP contribution in [-0.2, 0) is 4.79 Å². The summed E-state index contributed by atoms with van der Waals surface area (Å²) in [5.41, 5.74) is 0.565. The number of rotatable bonds is 4. The maximum Gasteiger partial charge on any atom is 0.317 e. The first-order chi connectivity index (χ1) is 12.1. The summed E-state index contributed by atoms with van der Waals surface area (Å²) in [4.78, 5) is 28.1. The molecule has 2 atom stereocenters. The van der Waals surface area contributed by atoms with Crippen LogP contribution in [0.1, 0.15) is 44.2 Å². The van der Waals surface area contributed by atoms with Crippen molar-refractivity contribution in [3.8, 4) is 0 Å². The first kappa shape index (κ1) is 17.7. The fraction of sp³-hybridized carbons (Fsp3) is 0.579. The predicted octanol–water partition coefficient (Wildman–Crippen LogP) is 2.93. The van der Waals surface area contributed by atoms with Crippen LogP contribution in [0.15, 0.2) is 24.3 Å². The van der Waals surface area contributed by atoms with E-state index in [1.807, 2.05) is 4.90 Å². The van der Waals surface area contributed by atoms with Crippen LogP contribution in [0.3, 0.4) is 0 Å². The number of amides is 3. The van der Waals surface area contributed by atoms with Crippen molar-refractivity contribution >= 4 is 11.9 Å². The third kappa shape index (κ3) is 4.11. The molecule has 0 aliphatic carbocycles. The molecule has 0 unspecified atom stereocenters. The number of nitrogens with one attached hydrogen (secondary N) is 1. The Morgan fingerprint density at radius 1 is 1.24 bits per heavy atom. The molecule has 136 valence electrons. The van der Waals surface area contributed by atoms with E-state index >= 15 is 0 Å². The molecule has 6 heteroatoms. The molecule has 2 heterocycles. The van der Waals surface area contributed by atoms with Gasteiger partial charge >= 0.3 is 6.03 Å². The van der Waals surface area contributed by atoms with Crippen molar-refractivity contribution in [1.29, 1.82) is 0 Å². The predicted molar refractivity (Wildman–Crippen MR) is 93.5 cm³/mol. The molecule has 3 amide bonds. The summed E-state index contributed by atoms with van der Waals surface area (Å²) in [5.74, 6) is 0.142. The van der Waals surface area contributed by atoms with Crippen LogP contribution in [0.4, 0.5) is 9.18 Å². The molecule has 0 spiro atoms. The van der Waals surface area contributed by atoms with Gasteiger partial charge in [0.05, 0.1) is 6.04 Å². The second-order valence-electron chi connectivity index (χ2n) is 7.10. The average molecular weight is 347 g/mol. The topological polar surface area (TPSA) is 52.7 Å². The van der Waals surface area contributed by atoms with Gasteiger partial charge in [-0.05, 0) is 31.2 Å². The fourth-order valence-electron chi connectivity index (χ4n) is 3.81. The van der Waals surface area contributed by atoms with Crippen molar-refractivity contribution in [1.82, 2.24) is 15.1 Å². The van der Waals surface area contributed by atoms with Crippen LogP contribution >= 0.6 is 0 Å². The Kier molecular flexibility index (Phi) is 5.56. The van der Waals surface area contributed by atoms with Crippen molar-refractivity contribution in [2.24, 2.45) is 5.92 Å². The molecule has 2 saturated heterocycles. The fourth-order valence-corrected chi connectivity index (χ4v) is 3.81. The summed E-state index contributed by atoms with van der Waals surface area (Å²) in [6.07, 6.45) is 3.20. The van der Waals surface area contributed by atoms with Gasteiger partial charge in [-0.3, -0.25) is 4.79 Å². The van der Waals surface area contributed by atoms with Crippen LogP contribution in [0.5, 0.6) is 0 Å². The van der Waals surface area contributed by atoms with Gasteiger partial charge in [0.1, 0.15) is 5.82 Å². The summed E-state index contributed by atoms with van der Waals surface area (Å²) < 4.78 is 14.1. The van der Waals surface area contributed by atoms with Gasteiger partial charge in [0.25, 0.3) is 0 Å². The number of carbonyl (C=O) groups excluding carboxylic acids is 2. The van der Waals surface area contributed by atoms with Gasteiger partial charge in [-0.1, -0.05) is 25.1 Å². The number of benzene rings is 1. The van der Waals surface area contributed by atoms with Crippen molar-refractivity contribution in [2.75, 3.05) is 26.2 Å². The summed E-state index contributed by atoms with van der Waals surface area (Å²) in [5, 5.41) is 2.84. The summed E-state index contributed by atoms with van der Waals surface area (Å²) in [7, 11) is 0. The van der Waals surface area contributed by atoms with Gasteiger partial charge in [0, 0.05) is 38.2 Å². The highest BCUT2D eigenvalue weighted by molar-refractivity contribution is 5.79. The highest BCUT2D eigenvalue weighted by Crippen LogP contribution is 2.36. The number of halogens is 1. The highest BCUT2D eigenvalue weighted by Gasteiger charge is 2.35. The van der Waals surface area contributed by atoms with Crippen molar-refractivity contribution in [3.63, 3.8) is 0 Å². The van der Waals surface area contributed by atoms with E-state index in [2.05, 4.69) is 12.2 Å². The molecule has 5 nitrogen and oxygen atoms in total. The van der Waals surface area contributed by atoms with E-state index in [-0.39, 0.29) is 23.8 Å². The van der Waals surface area contributed by atoms with Gasteiger partial charge in [-0.15, -0.1) is 0 Å². The normalized spacial score (nSPS) is 23.1. The van der Waals surface area contributed by atoms with Crippen LogP contribution in [-0.4, -0.2) is 47.9 Å². The lowest BCUT2D eigenvalue weighted by molar-refractivity contribution is -0.129. The number of hydrogen-bond acceptors (Lipinski definition) is 2. The van der Waals surface area contributed by atoms with Crippen molar-refractivity contribution in [2.45, 2.75) is 38.6 Å². The van der Waals surface area contributed by atoms with E-state index in [9.17, 15) is 14.0 Å². The quantitative estimate of drug-likeness (QED) is 0.910. The Morgan fingerprint density at radius 2 is 1.96 bits per heavy atom. The Morgan fingerprint density at radius 3 is 2.68 bits per heavy atom. The zero-order valence-corrected chi connectivity index (χ0v) is 14.7. The van der Waals surface area contributed by atoms with Crippen LogP contribution < -0.4 is 5.32 Å². The summed E-state index contributed by atoms with van der Waals surface area (Å²) in [6, 6.07) is 6.17. The van der Waals surface area contributed by atoms with Gasteiger partial charge in [0.15, 0.2) is 0 Å². The molecule has 25 heavy (non-hydrogen) atoms. The third-order valence-corrected chi connectivity index (χ3v) is 5.11. The maximum absolute atomic E-state index is 14.1. The van der Waals surface area contributed by atoms with Gasteiger partial charge < -0.3 is 15.1 Å². The maximum atomic E-state index is 14.1. The van der Waals surface area contributed by atoms with E-state index in [1.165, 1.54) is 6.07 Å². The average Bonchev–Trinajstić information content (AvgIpc) is 3.24. The van der Waals surface area contributed by atoms with Crippen molar-refractivity contribution < 1.29 is 14.0 Å². The Balaban J connectivity index is 1.56. The van der Waals surface area contributed by atoms with Crippen LogP contribution in [0.25, 0.3) is 0 Å². The zero-order chi connectivity index (χ0) is 17.8. The molecule has 0 radical (unpaired) electrons. The monoisotopic (exact) mass is 347 g/mol. The minimum Gasteiger partial charge on any atom is -0.343 e. The molecular weight excluding hydrogens is 321 g/mol. The number of carbonyl (C=O) groups is 2. The second kappa shape index (κ2) is 7.85. The van der Waals surface area contributed by atoms with Crippen molar-refractivity contribution in [3.05, 3.63) is 35.6 Å². The lowest BCUT2D eigenvalue weighted by atomic mass is 10.0. The van der Waals surface area contributed by atoms with E-state index in [4.69, 9.17) is 0 Å². The number of likely N-dealkylation sites (tertiary alicyclic amines) is 2. The van der Waals surface area contributed by atoms with Gasteiger partial charge in [-0.2, -0.15) is 0 Å². The third-order valence-electron chi connectivity index (χ3n) is 5.11. The lowest BCUT2D eigenvalue weighted by Crippen LogP contribution is -2.41. The Bertz CT molecular complexity index is 631. The van der Waals surface area contributed by atoms with Crippen LogP contribution in [0.2, 0.25) is 0 Å². The van der Waals surface area contributed by atoms with Crippen LogP contribution in [0, 0.1) is 11.7 Å². The van der Waals surface area contributed by atoms with Gasteiger partial charge in [-0.25, -0.2) is 9.18 Å². The molecule has 0 bridgehead atoms. The number of hydrogen-bond donors (Lipinski definition) is 1. The molecule has 1 aromatic rings. The lowest BCUT2D eigenvalue weighted by Gasteiger charge is -2.26. The van der Waals surface area contributed by atoms with E-state index in [1.54, 1.807) is 23.1 Å². The Labute approximate surface area is 148 Å². The van der Waals surface area contributed by atoms with E-state index in [0.717, 1.165) is 32.4 Å². The van der Waals surface area contributed by atoms with E-state index in [0.29, 0.717) is 31.0 Å². The molecule has 0 saturated carbocycles. The van der Waals surface area contributed by atoms with Gasteiger partial charge in [0.2, 0.25) is 5.91 Å². The highest BCUT2D eigenvalue weighted by atomic mass is 19.1. The first-order valence-corrected chi connectivity index (χ1v) is 9.13.